The van der Waals surface area contributed by atoms with E-state index in [9.17, 15) is 23.6 Å². The van der Waals surface area contributed by atoms with E-state index in [2.05, 4.69) is 10.3 Å². The lowest BCUT2D eigenvalue weighted by Gasteiger charge is -2.22. The first-order chi connectivity index (χ1) is 13.1. The van der Waals surface area contributed by atoms with E-state index in [1.54, 1.807) is 13.8 Å². The minimum atomic E-state index is -1.39. The van der Waals surface area contributed by atoms with Crippen molar-refractivity contribution in [3.63, 3.8) is 0 Å². The third kappa shape index (κ3) is 3.00. The van der Waals surface area contributed by atoms with Gasteiger partial charge in [0.15, 0.2) is 11.6 Å². The molecule has 146 valence electrons. The lowest BCUT2D eigenvalue weighted by atomic mass is 9.92. The Morgan fingerprint density at radius 1 is 1.14 bits per heavy atom. The molecule has 1 atom stereocenters. The van der Waals surface area contributed by atoms with Crippen LogP contribution in [0.3, 0.4) is 0 Å². The van der Waals surface area contributed by atoms with Crippen molar-refractivity contribution in [1.29, 1.82) is 0 Å². The number of amides is 3. The van der Waals surface area contributed by atoms with Gasteiger partial charge in [-0.25, -0.2) is 9.18 Å². The maximum Gasteiger partial charge on any atom is 0.325 e. The average Bonchev–Trinajstić information content (AvgIpc) is 3.03. The van der Waals surface area contributed by atoms with E-state index in [-0.39, 0.29) is 11.5 Å². The summed E-state index contributed by atoms with van der Waals surface area (Å²) in [7, 11) is 0. The number of aromatic nitrogens is 1. The number of carbonyl (C=O) groups is 4. The number of ketones is 2. The standard InChI is InChI=1S/C20H20FN3O4/c1-10-16(12(3)25)11(2)22-17(10)15(26)9-24-18(27)20(4,23-19(24)28)13-5-7-14(21)8-6-13/h5-8,22H,9H2,1-4H3,(H,23,28)/t20-/m0/s1. The number of aryl methyl sites for hydroxylation is 1. The molecule has 1 aromatic heterocycles. The molecular weight excluding hydrogens is 365 g/mol. The first-order valence-corrected chi connectivity index (χ1v) is 8.69. The van der Waals surface area contributed by atoms with Gasteiger partial charge in [-0.05, 0) is 51.0 Å². The Kier molecular flexibility index (Phi) is 4.66. The smallest absolute Gasteiger partial charge is 0.325 e. The number of hydrogen-bond donors (Lipinski definition) is 2. The largest absolute Gasteiger partial charge is 0.355 e. The Hall–Kier alpha value is -3.29. The number of Topliss-reactive ketones (excluding diaryl/α,β-unsaturated/α-hetero) is 2. The van der Waals surface area contributed by atoms with Crippen molar-refractivity contribution in [3.8, 4) is 0 Å². The molecule has 7 nitrogen and oxygen atoms in total. The molecule has 0 aliphatic carbocycles. The molecule has 2 N–H and O–H groups in total. The molecule has 1 aliphatic rings. The van der Waals surface area contributed by atoms with Crippen molar-refractivity contribution in [3.05, 3.63) is 58.2 Å². The Bertz CT molecular complexity index is 1010. The maximum absolute atomic E-state index is 13.2. The summed E-state index contributed by atoms with van der Waals surface area (Å²) < 4.78 is 13.2. The van der Waals surface area contributed by atoms with E-state index < -0.39 is 35.6 Å². The lowest BCUT2D eigenvalue weighted by Crippen LogP contribution is -2.41. The predicted octanol–water partition coefficient (Wildman–Crippen LogP) is 2.62. The van der Waals surface area contributed by atoms with Crippen molar-refractivity contribution >= 4 is 23.5 Å². The molecule has 1 fully saturated rings. The molecule has 0 spiro atoms. The van der Waals surface area contributed by atoms with E-state index in [0.29, 0.717) is 22.4 Å². The first-order valence-electron chi connectivity index (χ1n) is 8.69. The number of nitrogens with one attached hydrogen (secondary N) is 2. The minimum Gasteiger partial charge on any atom is -0.355 e. The summed E-state index contributed by atoms with van der Waals surface area (Å²) >= 11 is 0. The first kappa shape index (κ1) is 19.5. The highest BCUT2D eigenvalue weighted by Crippen LogP contribution is 2.29. The van der Waals surface area contributed by atoms with Crippen molar-refractivity contribution in [2.24, 2.45) is 0 Å². The number of urea groups is 1. The zero-order valence-electron chi connectivity index (χ0n) is 16.0. The van der Waals surface area contributed by atoms with E-state index in [0.717, 1.165) is 4.90 Å². The van der Waals surface area contributed by atoms with Gasteiger partial charge in [0.05, 0.1) is 12.2 Å². The predicted molar refractivity (Wildman–Crippen MR) is 98.6 cm³/mol. The fourth-order valence-electron chi connectivity index (χ4n) is 3.60. The Labute approximate surface area is 160 Å². The normalized spacial score (nSPS) is 19.1. The molecule has 28 heavy (non-hydrogen) atoms. The highest BCUT2D eigenvalue weighted by atomic mass is 19.1. The molecule has 0 radical (unpaired) electrons. The van der Waals surface area contributed by atoms with Crippen LogP contribution in [0.2, 0.25) is 0 Å². The van der Waals surface area contributed by atoms with Crippen LogP contribution >= 0.6 is 0 Å². The van der Waals surface area contributed by atoms with E-state index in [1.807, 2.05) is 0 Å². The second kappa shape index (κ2) is 6.70. The van der Waals surface area contributed by atoms with Crippen LogP contribution in [0.25, 0.3) is 0 Å². The molecule has 3 amide bonds. The molecule has 8 heteroatoms. The number of halogens is 1. The van der Waals surface area contributed by atoms with E-state index in [4.69, 9.17) is 0 Å². The van der Waals surface area contributed by atoms with Crippen LogP contribution in [-0.2, 0) is 10.3 Å². The molecule has 0 unspecified atom stereocenters. The van der Waals surface area contributed by atoms with Gasteiger partial charge in [0.1, 0.15) is 11.4 Å². The zero-order chi connectivity index (χ0) is 20.8. The molecule has 0 bridgehead atoms. The van der Waals surface area contributed by atoms with Crippen LogP contribution < -0.4 is 5.32 Å². The monoisotopic (exact) mass is 385 g/mol. The number of carbonyl (C=O) groups excluding carboxylic acids is 4. The molecule has 0 saturated carbocycles. The third-order valence-corrected chi connectivity index (χ3v) is 5.07. The Morgan fingerprint density at radius 3 is 2.29 bits per heavy atom. The molecule has 1 aliphatic heterocycles. The fourth-order valence-corrected chi connectivity index (χ4v) is 3.60. The number of imide groups is 1. The quantitative estimate of drug-likeness (QED) is 0.610. The number of H-pyrrole nitrogens is 1. The molecule has 2 aromatic rings. The van der Waals surface area contributed by atoms with Crippen molar-refractivity contribution in [2.75, 3.05) is 6.54 Å². The van der Waals surface area contributed by atoms with E-state index in [1.165, 1.54) is 38.1 Å². The van der Waals surface area contributed by atoms with Crippen LogP contribution in [0.1, 0.15) is 51.5 Å². The molecule has 1 aromatic carbocycles. The van der Waals surface area contributed by atoms with Crippen LogP contribution in [-0.4, -0.2) is 39.9 Å². The van der Waals surface area contributed by atoms with Crippen molar-refractivity contribution in [2.45, 2.75) is 33.2 Å². The van der Waals surface area contributed by atoms with Gasteiger partial charge in [-0.2, -0.15) is 0 Å². The van der Waals surface area contributed by atoms with Gasteiger partial charge >= 0.3 is 6.03 Å². The van der Waals surface area contributed by atoms with E-state index >= 15 is 0 Å². The van der Waals surface area contributed by atoms with Gasteiger partial charge in [-0.15, -0.1) is 0 Å². The van der Waals surface area contributed by atoms with Gasteiger partial charge in [0.2, 0.25) is 0 Å². The minimum absolute atomic E-state index is 0.177. The SMILES string of the molecule is CC(=O)c1c(C)[nH]c(C(=O)CN2C(=O)N[C@@](C)(c3ccc(F)cc3)C2=O)c1C. The highest BCUT2D eigenvalue weighted by molar-refractivity contribution is 6.12. The Balaban J connectivity index is 1.87. The van der Waals surface area contributed by atoms with Gasteiger partial charge < -0.3 is 10.3 Å². The number of rotatable bonds is 5. The number of hydrogen-bond acceptors (Lipinski definition) is 4. The molecule has 1 saturated heterocycles. The molecule has 3 rings (SSSR count). The third-order valence-electron chi connectivity index (χ3n) is 5.07. The van der Waals surface area contributed by atoms with Gasteiger partial charge in [-0.3, -0.25) is 19.3 Å². The highest BCUT2D eigenvalue weighted by Gasteiger charge is 2.49. The second-order valence-electron chi connectivity index (χ2n) is 7.06. The van der Waals surface area contributed by atoms with Crippen LogP contribution in [0.15, 0.2) is 24.3 Å². The summed E-state index contributed by atoms with van der Waals surface area (Å²) in [5.74, 6) is -1.73. The topological polar surface area (TPSA) is 99.3 Å². The summed E-state index contributed by atoms with van der Waals surface area (Å²) in [6.07, 6.45) is 0. The summed E-state index contributed by atoms with van der Waals surface area (Å²) in [5, 5.41) is 2.57. The number of aromatic amines is 1. The maximum atomic E-state index is 13.2. The van der Waals surface area contributed by atoms with Gasteiger partial charge in [0, 0.05) is 11.3 Å². The summed E-state index contributed by atoms with van der Waals surface area (Å²) in [5.41, 5.74) is 0.685. The van der Waals surface area contributed by atoms with Crippen molar-refractivity contribution in [1.82, 2.24) is 15.2 Å². The molecular formula is C20H20FN3O4. The Morgan fingerprint density at radius 2 is 1.75 bits per heavy atom. The second-order valence-corrected chi connectivity index (χ2v) is 7.06. The molecule has 2 heterocycles. The van der Waals surface area contributed by atoms with Gasteiger partial charge in [-0.1, -0.05) is 12.1 Å². The lowest BCUT2D eigenvalue weighted by molar-refractivity contribution is -0.130. The summed E-state index contributed by atoms with van der Waals surface area (Å²) in [4.78, 5) is 53.4. The zero-order valence-corrected chi connectivity index (χ0v) is 16.0. The van der Waals surface area contributed by atoms with Crippen LogP contribution in [0, 0.1) is 19.7 Å². The average molecular weight is 385 g/mol. The number of nitrogens with zero attached hydrogens (tertiary/aromatic N) is 1. The van der Waals surface area contributed by atoms with Crippen LogP contribution in [0.4, 0.5) is 9.18 Å². The van der Waals surface area contributed by atoms with Gasteiger partial charge in [0.25, 0.3) is 5.91 Å². The summed E-state index contributed by atoms with van der Waals surface area (Å²) in [6.45, 7) is 5.76. The number of benzene rings is 1. The van der Waals surface area contributed by atoms with Crippen molar-refractivity contribution < 1.29 is 23.6 Å². The van der Waals surface area contributed by atoms with Crippen LogP contribution in [0.5, 0.6) is 0 Å². The summed E-state index contributed by atoms with van der Waals surface area (Å²) in [6, 6.07) is 4.51. The fraction of sp³-hybridized carbons (Fsp3) is 0.300.